The van der Waals surface area contributed by atoms with Crippen molar-refractivity contribution in [1.29, 1.82) is 0 Å². The van der Waals surface area contributed by atoms with Gasteiger partial charge < -0.3 is 5.32 Å². The molecule has 1 N–H and O–H groups in total. The first kappa shape index (κ1) is 15.0. The van der Waals surface area contributed by atoms with E-state index >= 15 is 0 Å². The van der Waals surface area contributed by atoms with Gasteiger partial charge in [0.25, 0.3) is 5.91 Å². The predicted octanol–water partition coefficient (Wildman–Crippen LogP) is 3.41. The molecule has 3 rings (SSSR count). The Morgan fingerprint density at radius 1 is 1.09 bits per heavy atom. The normalized spacial score (nSPS) is 11.9. The van der Waals surface area contributed by atoms with Gasteiger partial charge in [-0.3, -0.25) is 4.79 Å². The highest BCUT2D eigenvalue weighted by Gasteiger charge is 2.11. The standard InChI is InChI=1S/C19H19N3O/c1-15(16-8-4-2-5-9-16)12-20-19(23)17-13-21-22(14-17)18-10-6-3-7-11-18/h2-11,13-15H,12H2,1H3,(H,20,23)/t15-/m1/s1. The Bertz CT molecular complexity index is 766. The predicted molar refractivity (Wildman–Crippen MR) is 90.8 cm³/mol. The zero-order valence-electron chi connectivity index (χ0n) is 13.0. The fourth-order valence-corrected chi connectivity index (χ4v) is 2.41. The molecule has 1 aromatic heterocycles. The third-order valence-electron chi connectivity index (χ3n) is 3.80. The molecule has 116 valence electrons. The van der Waals surface area contributed by atoms with Crippen LogP contribution in [0.15, 0.2) is 73.1 Å². The van der Waals surface area contributed by atoms with Crippen molar-refractivity contribution in [1.82, 2.24) is 15.1 Å². The number of carbonyl (C=O) groups is 1. The Morgan fingerprint density at radius 3 is 2.43 bits per heavy atom. The first-order chi connectivity index (χ1) is 11.2. The summed E-state index contributed by atoms with van der Waals surface area (Å²) in [5.74, 6) is 0.166. The van der Waals surface area contributed by atoms with Crippen LogP contribution in [0.3, 0.4) is 0 Å². The summed E-state index contributed by atoms with van der Waals surface area (Å²) >= 11 is 0. The van der Waals surface area contributed by atoms with Gasteiger partial charge in [0.15, 0.2) is 0 Å². The number of nitrogens with zero attached hydrogens (tertiary/aromatic N) is 2. The van der Waals surface area contributed by atoms with E-state index in [0.717, 1.165) is 5.69 Å². The summed E-state index contributed by atoms with van der Waals surface area (Å²) in [6.07, 6.45) is 3.34. The summed E-state index contributed by atoms with van der Waals surface area (Å²) in [5.41, 5.74) is 2.71. The van der Waals surface area contributed by atoms with Gasteiger partial charge in [-0.25, -0.2) is 4.68 Å². The molecule has 23 heavy (non-hydrogen) atoms. The van der Waals surface area contributed by atoms with Crippen LogP contribution in [0.25, 0.3) is 5.69 Å². The van der Waals surface area contributed by atoms with Gasteiger partial charge in [-0.05, 0) is 23.6 Å². The SMILES string of the molecule is C[C@H](CNC(=O)c1cnn(-c2ccccc2)c1)c1ccccc1. The van der Waals surface area contributed by atoms with Crippen LogP contribution in [-0.4, -0.2) is 22.2 Å². The number of hydrogen-bond donors (Lipinski definition) is 1. The fraction of sp³-hybridized carbons (Fsp3) is 0.158. The van der Waals surface area contributed by atoms with Crippen LogP contribution in [0.4, 0.5) is 0 Å². The lowest BCUT2D eigenvalue weighted by Gasteiger charge is -2.12. The van der Waals surface area contributed by atoms with Gasteiger partial charge >= 0.3 is 0 Å². The van der Waals surface area contributed by atoms with Crippen LogP contribution >= 0.6 is 0 Å². The van der Waals surface area contributed by atoms with E-state index in [1.165, 1.54) is 5.56 Å². The van der Waals surface area contributed by atoms with Crippen LogP contribution in [0.5, 0.6) is 0 Å². The van der Waals surface area contributed by atoms with E-state index < -0.39 is 0 Å². The number of aromatic nitrogens is 2. The van der Waals surface area contributed by atoms with Crippen LogP contribution in [0, 0.1) is 0 Å². The van der Waals surface area contributed by atoms with Crippen molar-refractivity contribution in [2.24, 2.45) is 0 Å². The minimum atomic E-state index is -0.102. The summed E-state index contributed by atoms with van der Waals surface area (Å²) in [7, 11) is 0. The van der Waals surface area contributed by atoms with Gasteiger partial charge in [0.05, 0.1) is 17.4 Å². The number of nitrogens with one attached hydrogen (secondary N) is 1. The molecule has 0 aliphatic heterocycles. The lowest BCUT2D eigenvalue weighted by molar-refractivity contribution is 0.0951. The molecule has 1 amide bonds. The summed E-state index contributed by atoms with van der Waals surface area (Å²) in [5, 5.41) is 7.22. The minimum Gasteiger partial charge on any atom is -0.351 e. The molecule has 4 heteroatoms. The molecule has 0 saturated heterocycles. The number of para-hydroxylation sites is 1. The Kier molecular flexibility index (Phi) is 4.52. The molecule has 0 radical (unpaired) electrons. The van der Waals surface area contributed by atoms with E-state index in [4.69, 9.17) is 0 Å². The third-order valence-corrected chi connectivity index (χ3v) is 3.80. The third kappa shape index (κ3) is 3.66. The zero-order chi connectivity index (χ0) is 16.1. The van der Waals surface area contributed by atoms with E-state index in [0.29, 0.717) is 12.1 Å². The highest BCUT2D eigenvalue weighted by Crippen LogP contribution is 2.13. The summed E-state index contributed by atoms with van der Waals surface area (Å²) in [6.45, 7) is 2.70. The molecule has 1 heterocycles. The highest BCUT2D eigenvalue weighted by atomic mass is 16.1. The van der Waals surface area contributed by atoms with E-state index in [1.807, 2.05) is 48.5 Å². The molecular weight excluding hydrogens is 286 g/mol. The van der Waals surface area contributed by atoms with Gasteiger partial charge in [0.2, 0.25) is 0 Å². The highest BCUT2D eigenvalue weighted by molar-refractivity contribution is 5.93. The van der Waals surface area contributed by atoms with Crippen LogP contribution in [0.2, 0.25) is 0 Å². The second-order valence-corrected chi connectivity index (χ2v) is 5.53. The second-order valence-electron chi connectivity index (χ2n) is 5.53. The summed E-state index contributed by atoms with van der Waals surface area (Å²) in [6, 6.07) is 19.9. The van der Waals surface area contributed by atoms with Gasteiger partial charge in [0, 0.05) is 12.7 Å². The van der Waals surface area contributed by atoms with E-state index in [2.05, 4.69) is 29.5 Å². The second kappa shape index (κ2) is 6.92. The van der Waals surface area contributed by atoms with Gasteiger partial charge in [-0.15, -0.1) is 0 Å². The maximum atomic E-state index is 12.3. The molecular formula is C19H19N3O. The molecule has 0 bridgehead atoms. The lowest BCUT2D eigenvalue weighted by Crippen LogP contribution is -2.27. The van der Waals surface area contributed by atoms with Crippen molar-refractivity contribution in [3.63, 3.8) is 0 Å². The largest absolute Gasteiger partial charge is 0.351 e. The Balaban J connectivity index is 1.62. The monoisotopic (exact) mass is 305 g/mol. The van der Waals surface area contributed by atoms with E-state index in [1.54, 1.807) is 17.1 Å². The number of benzene rings is 2. The molecule has 2 aromatic carbocycles. The van der Waals surface area contributed by atoms with Crippen molar-refractivity contribution in [2.45, 2.75) is 12.8 Å². The Hall–Kier alpha value is -2.88. The van der Waals surface area contributed by atoms with E-state index in [9.17, 15) is 4.79 Å². The molecule has 1 atom stereocenters. The number of rotatable bonds is 5. The maximum absolute atomic E-state index is 12.3. The van der Waals surface area contributed by atoms with Crippen molar-refractivity contribution < 1.29 is 4.79 Å². The van der Waals surface area contributed by atoms with E-state index in [-0.39, 0.29) is 11.8 Å². The maximum Gasteiger partial charge on any atom is 0.254 e. The average Bonchev–Trinajstić information content (AvgIpc) is 3.11. The average molecular weight is 305 g/mol. The number of amides is 1. The van der Waals surface area contributed by atoms with Crippen LogP contribution in [-0.2, 0) is 0 Å². The molecule has 0 saturated carbocycles. The molecule has 0 aliphatic carbocycles. The Morgan fingerprint density at radius 2 is 1.74 bits per heavy atom. The molecule has 0 spiro atoms. The molecule has 3 aromatic rings. The quantitative estimate of drug-likeness (QED) is 0.785. The smallest absolute Gasteiger partial charge is 0.254 e. The fourth-order valence-electron chi connectivity index (χ4n) is 2.41. The van der Waals surface area contributed by atoms with Gasteiger partial charge in [-0.1, -0.05) is 55.5 Å². The lowest BCUT2D eigenvalue weighted by atomic mass is 10.0. The van der Waals surface area contributed by atoms with Gasteiger partial charge in [0.1, 0.15) is 0 Å². The molecule has 0 aliphatic rings. The van der Waals surface area contributed by atoms with Crippen LogP contribution < -0.4 is 5.32 Å². The van der Waals surface area contributed by atoms with Crippen molar-refractivity contribution in [3.8, 4) is 5.69 Å². The summed E-state index contributed by atoms with van der Waals surface area (Å²) in [4.78, 5) is 12.3. The first-order valence-corrected chi connectivity index (χ1v) is 7.67. The number of hydrogen-bond acceptors (Lipinski definition) is 2. The zero-order valence-corrected chi connectivity index (χ0v) is 13.0. The Labute approximate surface area is 135 Å². The molecule has 0 unspecified atom stereocenters. The minimum absolute atomic E-state index is 0.102. The number of carbonyl (C=O) groups excluding carboxylic acids is 1. The van der Waals surface area contributed by atoms with Crippen molar-refractivity contribution in [2.75, 3.05) is 6.54 Å². The molecule has 0 fully saturated rings. The summed E-state index contributed by atoms with van der Waals surface area (Å²) < 4.78 is 1.70. The topological polar surface area (TPSA) is 46.9 Å². The molecule has 4 nitrogen and oxygen atoms in total. The first-order valence-electron chi connectivity index (χ1n) is 7.67. The van der Waals surface area contributed by atoms with Gasteiger partial charge in [-0.2, -0.15) is 5.10 Å². The van der Waals surface area contributed by atoms with Crippen molar-refractivity contribution in [3.05, 3.63) is 84.2 Å². The van der Waals surface area contributed by atoms with Crippen molar-refractivity contribution >= 4 is 5.91 Å². The van der Waals surface area contributed by atoms with Crippen LogP contribution in [0.1, 0.15) is 28.8 Å².